The molecule has 2 rings (SSSR count). The topological polar surface area (TPSA) is 54.4 Å². The van der Waals surface area contributed by atoms with Crippen LogP contribution in [0, 0.1) is 0 Å². The molecule has 0 saturated carbocycles. The third-order valence-corrected chi connectivity index (χ3v) is 2.92. The highest BCUT2D eigenvalue weighted by molar-refractivity contribution is 6.50. The average molecular weight is 237 g/mol. The summed E-state index contributed by atoms with van der Waals surface area (Å²) in [5, 5.41) is 8.76. The second kappa shape index (κ2) is 4.20. The second-order valence-corrected chi connectivity index (χ2v) is 3.85. The van der Waals surface area contributed by atoms with Crippen LogP contribution in [-0.2, 0) is 0 Å². The number of ketones is 2. The lowest BCUT2D eigenvalue weighted by atomic mass is 9.88. The van der Waals surface area contributed by atoms with Crippen LogP contribution >= 0.6 is 11.6 Å². The summed E-state index contributed by atoms with van der Waals surface area (Å²) < 4.78 is 0. The summed E-state index contributed by atoms with van der Waals surface area (Å²) in [5.41, 5.74) is 0.896. The van der Waals surface area contributed by atoms with Gasteiger partial charge in [0, 0.05) is 29.7 Å². The Morgan fingerprint density at radius 1 is 1.06 bits per heavy atom. The van der Waals surface area contributed by atoms with Crippen LogP contribution in [-0.4, -0.2) is 23.3 Å². The zero-order valence-electron chi connectivity index (χ0n) is 8.37. The Labute approximate surface area is 97.3 Å². The fourth-order valence-electron chi connectivity index (χ4n) is 1.73. The predicted octanol–water partition coefficient (Wildman–Crippen LogP) is 1.94. The molecule has 1 aliphatic rings. The molecule has 1 aromatic rings. The van der Waals surface area contributed by atoms with E-state index in [2.05, 4.69) is 0 Å². The van der Waals surface area contributed by atoms with Gasteiger partial charge < -0.3 is 5.11 Å². The third-order valence-electron chi connectivity index (χ3n) is 2.52. The molecular weight excluding hydrogens is 228 g/mol. The van der Waals surface area contributed by atoms with E-state index >= 15 is 0 Å². The monoisotopic (exact) mass is 236 g/mol. The Kier molecular flexibility index (Phi) is 2.90. The van der Waals surface area contributed by atoms with Gasteiger partial charge in [0.2, 0.25) is 5.78 Å². The first-order chi connectivity index (χ1) is 7.66. The van der Waals surface area contributed by atoms with Gasteiger partial charge in [-0.1, -0.05) is 35.9 Å². The smallest absolute Gasteiger partial charge is 0.205 e. The largest absolute Gasteiger partial charge is 0.396 e. The van der Waals surface area contributed by atoms with Crippen LogP contribution in [0.25, 0.3) is 0 Å². The van der Waals surface area contributed by atoms with Crippen LogP contribution in [0.4, 0.5) is 0 Å². The Balaban J connectivity index is 2.58. The summed E-state index contributed by atoms with van der Waals surface area (Å²) in [6.45, 7) is -0.202. The summed E-state index contributed by atoms with van der Waals surface area (Å²) >= 11 is 5.83. The number of hydrogen-bond donors (Lipinski definition) is 1. The van der Waals surface area contributed by atoms with Gasteiger partial charge in [0.1, 0.15) is 0 Å². The van der Waals surface area contributed by atoms with Crippen LogP contribution < -0.4 is 0 Å². The molecule has 4 heteroatoms. The lowest BCUT2D eigenvalue weighted by Crippen LogP contribution is -2.20. The number of allylic oxidation sites excluding steroid dienone is 1. The number of carbonyl (C=O) groups excluding carboxylic acids is 2. The minimum atomic E-state index is -0.347. The molecule has 0 unspecified atom stereocenters. The van der Waals surface area contributed by atoms with E-state index in [1.807, 2.05) is 0 Å². The number of rotatable bonds is 2. The molecule has 0 atom stereocenters. The number of benzene rings is 1. The first kappa shape index (κ1) is 11.0. The van der Waals surface area contributed by atoms with E-state index in [9.17, 15) is 9.59 Å². The third kappa shape index (κ3) is 1.58. The fourth-order valence-corrected chi connectivity index (χ4v) is 2.01. The number of Topliss-reactive ketones (excluding diaryl/α,β-unsaturated/α-hetero) is 2. The van der Waals surface area contributed by atoms with Crippen molar-refractivity contribution in [2.45, 2.75) is 6.42 Å². The van der Waals surface area contributed by atoms with E-state index in [-0.39, 0.29) is 35.2 Å². The van der Waals surface area contributed by atoms with Gasteiger partial charge in [-0.05, 0) is 0 Å². The molecule has 3 nitrogen and oxygen atoms in total. The van der Waals surface area contributed by atoms with Gasteiger partial charge in [0.25, 0.3) is 0 Å². The number of hydrogen-bond acceptors (Lipinski definition) is 3. The van der Waals surface area contributed by atoms with Crippen molar-refractivity contribution in [1.29, 1.82) is 0 Å². The van der Waals surface area contributed by atoms with Crippen LogP contribution in [0.5, 0.6) is 0 Å². The molecule has 0 heterocycles. The van der Waals surface area contributed by atoms with Crippen molar-refractivity contribution in [1.82, 2.24) is 0 Å². The van der Waals surface area contributed by atoms with E-state index < -0.39 is 0 Å². The van der Waals surface area contributed by atoms with Crippen LogP contribution in [0.15, 0.2) is 34.9 Å². The van der Waals surface area contributed by atoms with Gasteiger partial charge in [0.15, 0.2) is 5.78 Å². The molecule has 0 aromatic heterocycles. The second-order valence-electron chi connectivity index (χ2n) is 3.47. The van der Waals surface area contributed by atoms with Crippen molar-refractivity contribution < 1.29 is 14.7 Å². The lowest BCUT2D eigenvalue weighted by Gasteiger charge is -2.16. The molecule has 0 radical (unpaired) electrons. The molecule has 0 spiro atoms. The Bertz CT molecular complexity index is 503. The normalized spacial score (nSPS) is 15.4. The molecule has 82 valence electrons. The van der Waals surface area contributed by atoms with Crippen molar-refractivity contribution in [3.63, 3.8) is 0 Å². The van der Waals surface area contributed by atoms with E-state index in [1.54, 1.807) is 24.3 Å². The van der Waals surface area contributed by atoms with Crippen molar-refractivity contribution in [3.8, 4) is 0 Å². The molecular formula is C12H9ClO3. The van der Waals surface area contributed by atoms with Gasteiger partial charge in [0.05, 0.1) is 5.03 Å². The Hall–Kier alpha value is -1.45. The minimum absolute atomic E-state index is 0.0715. The Morgan fingerprint density at radius 2 is 1.62 bits per heavy atom. The highest BCUT2D eigenvalue weighted by Gasteiger charge is 2.30. The minimum Gasteiger partial charge on any atom is -0.396 e. The van der Waals surface area contributed by atoms with Gasteiger partial charge in [-0.25, -0.2) is 0 Å². The van der Waals surface area contributed by atoms with Crippen LogP contribution in [0.3, 0.4) is 0 Å². The quantitative estimate of drug-likeness (QED) is 0.854. The van der Waals surface area contributed by atoms with Gasteiger partial charge >= 0.3 is 0 Å². The summed E-state index contributed by atoms with van der Waals surface area (Å²) in [5.74, 6) is -0.616. The molecule has 1 N–H and O–H groups in total. The molecule has 16 heavy (non-hydrogen) atoms. The summed E-state index contributed by atoms with van der Waals surface area (Å²) in [7, 11) is 0. The van der Waals surface area contributed by atoms with Gasteiger partial charge in [-0.2, -0.15) is 0 Å². The van der Waals surface area contributed by atoms with Crippen molar-refractivity contribution in [2.75, 3.05) is 6.61 Å². The van der Waals surface area contributed by atoms with Crippen molar-refractivity contribution >= 4 is 23.2 Å². The molecule has 1 aromatic carbocycles. The van der Waals surface area contributed by atoms with Gasteiger partial charge in [-0.15, -0.1) is 0 Å². The highest BCUT2D eigenvalue weighted by Crippen LogP contribution is 2.29. The van der Waals surface area contributed by atoms with Crippen molar-refractivity contribution in [3.05, 3.63) is 46.0 Å². The summed E-state index contributed by atoms with van der Waals surface area (Å²) in [4.78, 5) is 23.8. The van der Waals surface area contributed by atoms with Gasteiger partial charge in [-0.3, -0.25) is 9.59 Å². The Morgan fingerprint density at radius 3 is 2.19 bits per heavy atom. The number of carbonyl (C=O) groups is 2. The maximum atomic E-state index is 12.0. The zero-order chi connectivity index (χ0) is 11.7. The molecule has 0 aliphatic heterocycles. The standard InChI is InChI=1S/C12H9ClO3/c13-10-9(5-6-14)11(15)7-3-1-2-4-8(7)12(10)16/h1-4,14H,5-6H2. The highest BCUT2D eigenvalue weighted by atomic mass is 35.5. The average Bonchev–Trinajstić information content (AvgIpc) is 2.32. The van der Waals surface area contributed by atoms with Crippen molar-refractivity contribution in [2.24, 2.45) is 0 Å². The summed E-state index contributed by atoms with van der Waals surface area (Å²) in [6, 6.07) is 6.55. The van der Waals surface area contributed by atoms with Crippen LogP contribution in [0.2, 0.25) is 0 Å². The molecule has 0 bridgehead atoms. The zero-order valence-corrected chi connectivity index (χ0v) is 9.12. The molecule has 1 aliphatic carbocycles. The van der Waals surface area contributed by atoms with E-state index in [0.717, 1.165) is 0 Å². The first-order valence-corrected chi connectivity index (χ1v) is 5.22. The number of halogens is 1. The maximum absolute atomic E-state index is 12.0. The lowest BCUT2D eigenvalue weighted by molar-refractivity contribution is 0.0975. The summed E-state index contributed by atoms with van der Waals surface area (Å²) in [6.07, 6.45) is 0.109. The first-order valence-electron chi connectivity index (χ1n) is 4.84. The molecule has 0 fully saturated rings. The predicted molar refractivity (Wildman–Crippen MR) is 59.7 cm³/mol. The van der Waals surface area contributed by atoms with Crippen LogP contribution in [0.1, 0.15) is 27.1 Å². The fraction of sp³-hybridized carbons (Fsp3) is 0.167. The number of aliphatic hydroxyl groups is 1. The van der Waals surface area contributed by atoms with E-state index in [4.69, 9.17) is 16.7 Å². The maximum Gasteiger partial charge on any atom is 0.205 e. The van der Waals surface area contributed by atoms with E-state index in [1.165, 1.54) is 0 Å². The number of aliphatic hydroxyl groups excluding tert-OH is 1. The molecule has 0 saturated heterocycles. The molecule has 0 amide bonds. The number of fused-ring (bicyclic) bond motifs is 1. The van der Waals surface area contributed by atoms with E-state index in [0.29, 0.717) is 11.1 Å². The SMILES string of the molecule is O=C1C(Cl)=C(CCO)C(=O)c2ccccc21.